The van der Waals surface area contributed by atoms with E-state index in [9.17, 15) is 5.11 Å². The minimum absolute atomic E-state index is 0.0882. The fraction of sp³-hybridized carbons (Fsp3) is 0.0667. The van der Waals surface area contributed by atoms with E-state index in [0.717, 1.165) is 5.56 Å². The Bertz CT molecular complexity index is 695. The van der Waals surface area contributed by atoms with Crippen molar-refractivity contribution in [3.05, 3.63) is 60.3 Å². The maximum Gasteiger partial charge on any atom is 0.161 e. The van der Waals surface area contributed by atoms with E-state index in [4.69, 9.17) is 9.37 Å². The minimum atomic E-state index is 0.0882. The van der Waals surface area contributed by atoms with E-state index in [1.54, 1.807) is 24.3 Å². The van der Waals surface area contributed by atoms with Crippen molar-refractivity contribution in [2.45, 2.75) is 6.61 Å². The van der Waals surface area contributed by atoms with E-state index >= 15 is 0 Å². The SMILES string of the molecule is Oc1ccccc1OCc1nonc1-c1ccccc1. The molecule has 0 aliphatic carbocycles. The van der Waals surface area contributed by atoms with Crippen molar-refractivity contribution in [2.24, 2.45) is 0 Å². The normalized spacial score (nSPS) is 10.4. The molecular weight excluding hydrogens is 256 g/mol. The molecule has 100 valence electrons. The zero-order valence-corrected chi connectivity index (χ0v) is 10.6. The lowest BCUT2D eigenvalue weighted by Crippen LogP contribution is -1.98. The van der Waals surface area contributed by atoms with Crippen LogP contribution < -0.4 is 4.74 Å². The Kier molecular flexibility index (Phi) is 3.33. The zero-order valence-electron chi connectivity index (χ0n) is 10.6. The number of benzene rings is 2. The van der Waals surface area contributed by atoms with Gasteiger partial charge in [0.1, 0.15) is 18.0 Å². The molecule has 0 aliphatic rings. The Morgan fingerprint density at radius 1 is 0.950 bits per heavy atom. The highest BCUT2D eigenvalue weighted by Gasteiger charge is 2.13. The van der Waals surface area contributed by atoms with E-state index in [-0.39, 0.29) is 12.4 Å². The number of hydrogen-bond acceptors (Lipinski definition) is 5. The van der Waals surface area contributed by atoms with Crippen LogP contribution in [-0.4, -0.2) is 15.4 Å². The van der Waals surface area contributed by atoms with Crippen LogP contribution in [0.15, 0.2) is 59.2 Å². The maximum atomic E-state index is 9.64. The summed E-state index contributed by atoms with van der Waals surface area (Å²) in [6.07, 6.45) is 0. The van der Waals surface area contributed by atoms with Crippen LogP contribution in [0.2, 0.25) is 0 Å². The molecule has 20 heavy (non-hydrogen) atoms. The average Bonchev–Trinajstić information content (AvgIpc) is 2.96. The number of phenols is 1. The molecule has 0 saturated carbocycles. The van der Waals surface area contributed by atoms with Crippen molar-refractivity contribution in [1.29, 1.82) is 0 Å². The van der Waals surface area contributed by atoms with Gasteiger partial charge in [-0.2, -0.15) is 0 Å². The average molecular weight is 268 g/mol. The van der Waals surface area contributed by atoms with Gasteiger partial charge in [0.25, 0.3) is 0 Å². The summed E-state index contributed by atoms with van der Waals surface area (Å²) in [4.78, 5) is 0. The quantitative estimate of drug-likeness (QED) is 0.787. The molecule has 0 atom stereocenters. The summed E-state index contributed by atoms with van der Waals surface area (Å²) in [6, 6.07) is 16.4. The predicted octanol–water partition coefficient (Wildman–Crippen LogP) is 3.02. The minimum Gasteiger partial charge on any atom is -0.504 e. The molecule has 0 aliphatic heterocycles. The van der Waals surface area contributed by atoms with Crippen LogP contribution in [0, 0.1) is 0 Å². The van der Waals surface area contributed by atoms with Gasteiger partial charge in [-0.1, -0.05) is 47.6 Å². The van der Waals surface area contributed by atoms with Gasteiger partial charge in [-0.05, 0) is 17.3 Å². The highest BCUT2D eigenvalue weighted by Crippen LogP contribution is 2.26. The molecule has 0 unspecified atom stereocenters. The molecule has 3 rings (SSSR count). The number of para-hydroxylation sites is 2. The summed E-state index contributed by atoms with van der Waals surface area (Å²) in [5.41, 5.74) is 2.13. The van der Waals surface area contributed by atoms with Crippen molar-refractivity contribution in [3.63, 3.8) is 0 Å². The lowest BCUT2D eigenvalue weighted by Gasteiger charge is -2.06. The summed E-state index contributed by atoms with van der Waals surface area (Å²) >= 11 is 0. The van der Waals surface area contributed by atoms with E-state index in [1.165, 1.54) is 0 Å². The van der Waals surface area contributed by atoms with Crippen molar-refractivity contribution in [3.8, 4) is 22.8 Å². The Hall–Kier alpha value is -2.82. The van der Waals surface area contributed by atoms with E-state index < -0.39 is 0 Å². The van der Waals surface area contributed by atoms with E-state index in [0.29, 0.717) is 17.1 Å². The topological polar surface area (TPSA) is 68.4 Å². The molecule has 0 fully saturated rings. The number of aromatic nitrogens is 2. The summed E-state index contributed by atoms with van der Waals surface area (Å²) in [6.45, 7) is 0.172. The van der Waals surface area contributed by atoms with Gasteiger partial charge in [0.15, 0.2) is 11.5 Å². The number of hydrogen-bond donors (Lipinski definition) is 1. The van der Waals surface area contributed by atoms with Gasteiger partial charge in [-0.3, -0.25) is 0 Å². The molecule has 0 radical (unpaired) electrons. The van der Waals surface area contributed by atoms with Crippen LogP contribution in [0.1, 0.15) is 5.69 Å². The summed E-state index contributed by atoms with van der Waals surface area (Å²) in [5.74, 6) is 0.486. The second-order valence-corrected chi connectivity index (χ2v) is 4.18. The van der Waals surface area contributed by atoms with Gasteiger partial charge in [0.05, 0.1) is 0 Å². The first-order chi connectivity index (χ1) is 9.84. The first-order valence-corrected chi connectivity index (χ1v) is 6.12. The Morgan fingerprint density at radius 2 is 1.70 bits per heavy atom. The fourth-order valence-corrected chi connectivity index (χ4v) is 1.84. The predicted molar refractivity (Wildman–Crippen MR) is 72.2 cm³/mol. The van der Waals surface area contributed by atoms with Gasteiger partial charge in [-0.15, -0.1) is 0 Å². The van der Waals surface area contributed by atoms with E-state index in [1.807, 2.05) is 30.3 Å². The third-order valence-corrected chi connectivity index (χ3v) is 2.83. The highest BCUT2D eigenvalue weighted by molar-refractivity contribution is 5.60. The molecule has 0 amide bonds. The molecule has 1 heterocycles. The van der Waals surface area contributed by atoms with Crippen molar-refractivity contribution < 1.29 is 14.5 Å². The number of aromatic hydroxyl groups is 1. The largest absolute Gasteiger partial charge is 0.504 e. The Morgan fingerprint density at radius 3 is 2.50 bits per heavy atom. The second kappa shape index (κ2) is 5.44. The molecule has 0 spiro atoms. The van der Waals surface area contributed by atoms with Gasteiger partial charge in [0.2, 0.25) is 0 Å². The lowest BCUT2D eigenvalue weighted by atomic mass is 10.1. The van der Waals surface area contributed by atoms with Crippen molar-refractivity contribution in [2.75, 3.05) is 0 Å². The molecule has 3 aromatic rings. The van der Waals surface area contributed by atoms with Crippen molar-refractivity contribution >= 4 is 0 Å². The van der Waals surface area contributed by atoms with Crippen LogP contribution in [0.5, 0.6) is 11.5 Å². The van der Waals surface area contributed by atoms with Crippen molar-refractivity contribution in [1.82, 2.24) is 10.3 Å². The molecule has 5 nitrogen and oxygen atoms in total. The standard InChI is InChI=1S/C15H12N2O3/c18-13-8-4-5-9-14(13)19-10-12-15(17-20-16-12)11-6-2-1-3-7-11/h1-9,18H,10H2. The molecular formula is C15H12N2O3. The number of phenolic OH excluding ortho intramolecular Hbond substituents is 1. The molecule has 0 bridgehead atoms. The smallest absolute Gasteiger partial charge is 0.161 e. The zero-order chi connectivity index (χ0) is 13.8. The van der Waals surface area contributed by atoms with Gasteiger partial charge >= 0.3 is 0 Å². The Balaban J connectivity index is 1.80. The number of ether oxygens (including phenoxy) is 1. The number of nitrogens with zero attached hydrogens (tertiary/aromatic N) is 2. The van der Waals surface area contributed by atoms with E-state index in [2.05, 4.69) is 10.3 Å². The molecule has 5 heteroatoms. The second-order valence-electron chi connectivity index (χ2n) is 4.18. The Labute approximate surface area is 115 Å². The number of rotatable bonds is 4. The molecule has 1 N–H and O–H groups in total. The highest BCUT2D eigenvalue weighted by atomic mass is 16.6. The van der Waals surface area contributed by atoms with Crippen LogP contribution in [0.3, 0.4) is 0 Å². The molecule has 0 saturated heterocycles. The van der Waals surface area contributed by atoms with Crippen LogP contribution in [-0.2, 0) is 6.61 Å². The third kappa shape index (κ3) is 2.47. The first-order valence-electron chi connectivity index (χ1n) is 6.12. The van der Waals surface area contributed by atoms with Gasteiger partial charge < -0.3 is 9.84 Å². The summed E-state index contributed by atoms with van der Waals surface area (Å²) in [5, 5.41) is 17.4. The van der Waals surface area contributed by atoms with Gasteiger partial charge in [-0.25, -0.2) is 4.63 Å². The summed E-state index contributed by atoms with van der Waals surface area (Å²) in [7, 11) is 0. The monoisotopic (exact) mass is 268 g/mol. The third-order valence-electron chi connectivity index (χ3n) is 2.83. The fourth-order valence-electron chi connectivity index (χ4n) is 1.84. The first kappa shape index (κ1) is 12.2. The summed E-state index contributed by atoms with van der Waals surface area (Å²) < 4.78 is 10.3. The lowest BCUT2D eigenvalue weighted by molar-refractivity contribution is 0.262. The van der Waals surface area contributed by atoms with Crippen LogP contribution >= 0.6 is 0 Å². The molecule has 1 aromatic heterocycles. The van der Waals surface area contributed by atoms with Crippen LogP contribution in [0.25, 0.3) is 11.3 Å². The van der Waals surface area contributed by atoms with Gasteiger partial charge in [0, 0.05) is 5.56 Å². The molecule has 2 aromatic carbocycles. The van der Waals surface area contributed by atoms with Crippen LogP contribution in [0.4, 0.5) is 0 Å². The maximum absolute atomic E-state index is 9.64.